The van der Waals surface area contributed by atoms with Crippen LogP contribution in [0.2, 0.25) is 0 Å². The van der Waals surface area contributed by atoms with Crippen LogP contribution in [0.3, 0.4) is 0 Å². The van der Waals surface area contributed by atoms with E-state index in [0.29, 0.717) is 0 Å². The van der Waals surface area contributed by atoms with Gasteiger partial charge in [0.25, 0.3) is 0 Å². The maximum Gasteiger partial charge on any atom is 0.331 e. The highest BCUT2D eigenvalue weighted by Gasteiger charge is 2.12. The molecule has 0 fully saturated rings. The summed E-state index contributed by atoms with van der Waals surface area (Å²) in [6, 6.07) is -0.287. The highest BCUT2D eigenvalue weighted by molar-refractivity contribution is 5.91. The lowest BCUT2D eigenvalue weighted by molar-refractivity contribution is -0.143. The Kier molecular flexibility index (Phi) is 8.27. The molecule has 1 atom stereocenters. The fourth-order valence-corrected chi connectivity index (χ4v) is 1.11. The number of hydrogen-bond acceptors (Lipinski definition) is 5. The highest BCUT2D eigenvalue weighted by Crippen LogP contribution is 1.95. The first kappa shape index (κ1) is 18.1. The van der Waals surface area contributed by atoms with Crippen molar-refractivity contribution in [2.24, 2.45) is 5.92 Å². The van der Waals surface area contributed by atoms with Crippen molar-refractivity contribution in [2.45, 2.75) is 46.8 Å². The summed E-state index contributed by atoms with van der Waals surface area (Å²) in [7, 11) is 0. The lowest BCUT2D eigenvalue weighted by Gasteiger charge is -2.15. The predicted octanol–water partition coefficient (Wildman–Crippen LogP) is 1.20. The van der Waals surface area contributed by atoms with E-state index >= 15 is 0 Å². The molecule has 0 heterocycles. The van der Waals surface area contributed by atoms with Gasteiger partial charge in [0.2, 0.25) is 5.91 Å². The Morgan fingerprint density at radius 3 is 2.05 bits per heavy atom. The monoisotopic (exact) mass is 285 g/mol. The van der Waals surface area contributed by atoms with Crippen molar-refractivity contribution < 1.29 is 23.9 Å². The lowest BCUT2D eigenvalue weighted by atomic mass is 10.2. The van der Waals surface area contributed by atoms with E-state index in [4.69, 9.17) is 9.47 Å². The van der Waals surface area contributed by atoms with Crippen LogP contribution in [0.1, 0.15) is 34.6 Å². The number of rotatable bonds is 7. The van der Waals surface area contributed by atoms with Gasteiger partial charge < -0.3 is 14.8 Å². The Morgan fingerprint density at radius 1 is 1.00 bits per heavy atom. The number of amides is 1. The molecule has 0 aromatic rings. The van der Waals surface area contributed by atoms with E-state index in [9.17, 15) is 14.4 Å². The Bertz CT molecular complexity index is 374. The molecule has 0 saturated carbocycles. The van der Waals surface area contributed by atoms with Crippen molar-refractivity contribution in [1.82, 2.24) is 5.32 Å². The Labute approximate surface area is 119 Å². The second-order valence-corrected chi connectivity index (χ2v) is 5.01. The molecule has 1 amide bonds. The first-order chi connectivity index (χ1) is 9.22. The number of ether oxygens (including phenoxy) is 2. The van der Waals surface area contributed by atoms with Crippen molar-refractivity contribution in [3.8, 4) is 0 Å². The topological polar surface area (TPSA) is 81.7 Å². The summed E-state index contributed by atoms with van der Waals surface area (Å²) in [5.74, 6) is -1.49. The van der Waals surface area contributed by atoms with E-state index in [2.05, 4.69) is 5.32 Å². The SMILES string of the molecule is CC(C)OC(=O)/C=C/C(=O)OC[C@H](C)NC(=O)C(C)C. The molecule has 0 radical (unpaired) electrons. The molecule has 0 aliphatic rings. The molecule has 0 rings (SSSR count). The molecule has 20 heavy (non-hydrogen) atoms. The van der Waals surface area contributed by atoms with Gasteiger partial charge in [-0.2, -0.15) is 0 Å². The maximum absolute atomic E-state index is 11.4. The van der Waals surface area contributed by atoms with E-state index in [1.807, 2.05) is 0 Å². The highest BCUT2D eigenvalue weighted by atomic mass is 16.5. The minimum absolute atomic E-state index is 0.0425. The van der Waals surface area contributed by atoms with Gasteiger partial charge in [-0.1, -0.05) is 13.8 Å². The summed E-state index contributed by atoms with van der Waals surface area (Å²) < 4.78 is 9.71. The third-order valence-electron chi connectivity index (χ3n) is 2.10. The molecule has 0 spiro atoms. The molecular weight excluding hydrogens is 262 g/mol. The first-order valence-electron chi connectivity index (χ1n) is 6.58. The summed E-state index contributed by atoms with van der Waals surface area (Å²) in [4.78, 5) is 33.9. The summed E-state index contributed by atoms with van der Waals surface area (Å²) in [5.41, 5.74) is 0. The van der Waals surface area contributed by atoms with Gasteiger partial charge in [0, 0.05) is 18.1 Å². The van der Waals surface area contributed by atoms with Crippen molar-refractivity contribution in [2.75, 3.05) is 6.61 Å². The molecule has 6 nitrogen and oxygen atoms in total. The zero-order chi connectivity index (χ0) is 15.7. The minimum Gasteiger partial charge on any atom is -0.460 e. The van der Waals surface area contributed by atoms with Crippen molar-refractivity contribution in [1.29, 1.82) is 0 Å². The Morgan fingerprint density at radius 2 is 1.55 bits per heavy atom. The Balaban J connectivity index is 4.01. The van der Waals surface area contributed by atoms with E-state index in [1.165, 1.54) is 0 Å². The van der Waals surface area contributed by atoms with Crippen LogP contribution in [0.5, 0.6) is 0 Å². The van der Waals surface area contributed by atoms with E-state index in [0.717, 1.165) is 12.2 Å². The van der Waals surface area contributed by atoms with Gasteiger partial charge in [-0.05, 0) is 20.8 Å². The molecule has 1 N–H and O–H groups in total. The normalized spacial score (nSPS) is 12.6. The molecule has 114 valence electrons. The van der Waals surface area contributed by atoms with Crippen molar-refractivity contribution in [3.05, 3.63) is 12.2 Å². The van der Waals surface area contributed by atoms with Gasteiger partial charge in [-0.15, -0.1) is 0 Å². The van der Waals surface area contributed by atoms with Crippen LogP contribution in [0.4, 0.5) is 0 Å². The molecule has 0 saturated heterocycles. The van der Waals surface area contributed by atoms with Crippen LogP contribution in [0.15, 0.2) is 12.2 Å². The van der Waals surface area contributed by atoms with Gasteiger partial charge >= 0.3 is 11.9 Å². The smallest absolute Gasteiger partial charge is 0.331 e. The molecule has 0 bridgehead atoms. The zero-order valence-corrected chi connectivity index (χ0v) is 12.6. The van der Waals surface area contributed by atoms with Crippen LogP contribution >= 0.6 is 0 Å². The second kappa shape index (κ2) is 9.12. The van der Waals surface area contributed by atoms with Crippen LogP contribution in [-0.4, -0.2) is 36.6 Å². The third-order valence-corrected chi connectivity index (χ3v) is 2.10. The summed E-state index contributed by atoms with van der Waals surface area (Å²) >= 11 is 0. The van der Waals surface area contributed by atoms with E-state index in [-0.39, 0.29) is 30.6 Å². The van der Waals surface area contributed by atoms with Gasteiger partial charge in [0.1, 0.15) is 6.61 Å². The second-order valence-electron chi connectivity index (χ2n) is 5.01. The van der Waals surface area contributed by atoms with E-state index < -0.39 is 11.9 Å². The average molecular weight is 285 g/mol. The summed E-state index contributed by atoms with van der Waals surface area (Å²) in [6.07, 6.45) is 1.77. The fourth-order valence-electron chi connectivity index (χ4n) is 1.11. The van der Waals surface area contributed by atoms with Gasteiger partial charge in [0.05, 0.1) is 12.1 Å². The first-order valence-corrected chi connectivity index (χ1v) is 6.58. The number of carbonyl (C=O) groups excluding carboxylic acids is 3. The zero-order valence-electron chi connectivity index (χ0n) is 12.6. The molecule has 0 unspecified atom stereocenters. The summed E-state index contributed by atoms with van der Waals surface area (Å²) in [6.45, 7) is 8.74. The van der Waals surface area contributed by atoms with Crippen LogP contribution in [0.25, 0.3) is 0 Å². The molecule has 0 aliphatic carbocycles. The third kappa shape index (κ3) is 9.13. The number of nitrogens with one attached hydrogen (secondary N) is 1. The average Bonchev–Trinajstić information content (AvgIpc) is 2.32. The lowest BCUT2D eigenvalue weighted by Crippen LogP contribution is -2.38. The Hall–Kier alpha value is -1.85. The molecule has 6 heteroatoms. The van der Waals surface area contributed by atoms with Gasteiger partial charge in [0.15, 0.2) is 0 Å². The molecule has 0 aromatic carbocycles. The number of hydrogen-bond donors (Lipinski definition) is 1. The maximum atomic E-state index is 11.4. The van der Waals surface area contributed by atoms with Gasteiger partial charge in [-0.25, -0.2) is 9.59 Å². The van der Waals surface area contributed by atoms with Crippen molar-refractivity contribution in [3.63, 3.8) is 0 Å². The number of esters is 2. The fraction of sp³-hybridized carbons (Fsp3) is 0.643. The van der Waals surface area contributed by atoms with Crippen LogP contribution in [-0.2, 0) is 23.9 Å². The van der Waals surface area contributed by atoms with Gasteiger partial charge in [-0.3, -0.25) is 4.79 Å². The molecule has 0 aromatic heterocycles. The molecule has 0 aliphatic heterocycles. The van der Waals surface area contributed by atoms with Crippen LogP contribution in [0, 0.1) is 5.92 Å². The molecular formula is C14H23NO5. The minimum atomic E-state index is -0.656. The largest absolute Gasteiger partial charge is 0.460 e. The predicted molar refractivity (Wildman–Crippen MR) is 73.8 cm³/mol. The van der Waals surface area contributed by atoms with Crippen molar-refractivity contribution >= 4 is 17.8 Å². The summed E-state index contributed by atoms with van der Waals surface area (Å²) in [5, 5.41) is 2.69. The standard InChI is InChI=1S/C14H23NO5/c1-9(2)14(18)15-11(5)8-19-12(16)6-7-13(17)20-10(3)4/h6-7,9-11H,8H2,1-5H3,(H,15,18)/b7-6+/t11-/m0/s1. The quantitative estimate of drug-likeness (QED) is 0.561. The van der Waals surface area contributed by atoms with E-state index in [1.54, 1.807) is 34.6 Å². The number of carbonyl (C=O) groups is 3. The van der Waals surface area contributed by atoms with Crippen LogP contribution < -0.4 is 5.32 Å².